The lowest BCUT2D eigenvalue weighted by molar-refractivity contribution is 0.0962. The number of nitrogens with two attached hydrogens (primary N) is 1. The van der Waals surface area contributed by atoms with Crippen LogP contribution in [0, 0.1) is 0 Å². The average molecular weight is 464 g/mol. The van der Waals surface area contributed by atoms with Crippen LogP contribution in [0.15, 0.2) is 55.4 Å². The van der Waals surface area contributed by atoms with Crippen LogP contribution in [0.1, 0.15) is 72.7 Å². The molecule has 1 saturated heterocycles. The number of carbonyl (C=O) groups is 2. The van der Waals surface area contributed by atoms with Gasteiger partial charge >= 0.3 is 0 Å². The minimum Gasteiger partial charge on any atom is -0.399 e. The lowest BCUT2D eigenvalue weighted by atomic mass is 10.0. The maximum atomic E-state index is 11.7. The molecule has 0 saturated carbocycles. The molecule has 182 valence electrons. The van der Waals surface area contributed by atoms with Gasteiger partial charge in [0, 0.05) is 59.6 Å². The summed E-state index contributed by atoms with van der Waals surface area (Å²) >= 11 is 0. The minimum absolute atomic E-state index is 0.0503. The number of ketones is 1. The molecule has 1 fully saturated rings. The molecule has 3 rings (SSSR count). The van der Waals surface area contributed by atoms with E-state index in [9.17, 15) is 9.59 Å². The van der Waals surface area contributed by atoms with Gasteiger partial charge in [0.1, 0.15) is 5.82 Å². The highest BCUT2D eigenvalue weighted by molar-refractivity contribution is 5.96. The minimum atomic E-state index is -0.109. The second-order valence-electron chi connectivity index (χ2n) is 8.31. The van der Waals surface area contributed by atoms with Crippen LogP contribution in [0.3, 0.4) is 0 Å². The van der Waals surface area contributed by atoms with Gasteiger partial charge in [-0.2, -0.15) is 0 Å². The van der Waals surface area contributed by atoms with Crippen molar-refractivity contribution >= 4 is 28.9 Å². The number of allylic oxidation sites excluding steroid dienone is 1. The van der Waals surface area contributed by atoms with Gasteiger partial charge in [0.15, 0.2) is 5.78 Å². The SMILES string of the molecule is C=C(N)c1ccc(C(=O)NC)cc1NC(CC)CC.C=C1CCCN1c1ccc(C(C)=O)cn1. The Morgan fingerprint density at radius 3 is 2.32 bits per heavy atom. The molecule has 7 nitrogen and oxygen atoms in total. The third-order valence-electron chi connectivity index (χ3n) is 5.86. The summed E-state index contributed by atoms with van der Waals surface area (Å²) in [6.07, 6.45) is 5.82. The van der Waals surface area contributed by atoms with E-state index in [2.05, 4.69) is 47.5 Å². The number of rotatable bonds is 8. The molecule has 1 aromatic carbocycles. The maximum absolute atomic E-state index is 11.7. The molecule has 0 aliphatic carbocycles. The summed E-state index contributed by atoms with van der Waals surface area (Å²) in [6.45, 7) is 14.5. The lowest BCUT2D eigenvalue weighted by Crippen LogP contribution is -2.21. The molecule has 2 heterocycles. The number of nitrogens with one attached hydrogen (secondary N) is 2. The van der Waals surface area contributed by atoms with Crippen molar-refractivity contribution in [1.82, 2.24) is 10.3 Å². The second-order valence-corrected chi connectivity index (χ2v) is 8.31. The van der Waals surface area contributed by atoms with Gasteiger partial charge in [0.25, 0.3) is 5.91 Å². The van der Waals surface area contributed by atoms with Gasteiger partial charge in [-0.1, -0.05) is 33.1 Å². The highest BCUT2D eigenvalue weighted by Gasteiger charge is 2.17. The summed E-state index contributed by atoms with van der Waals surface area (Å²) in [6, 6.07) is 9.47. The summed E-state index contributed by atoms with van der Waals surface area (Å²) < 4.78 is 0. The van der Waals surface area contributed by atoms with E-state index in [4.69, 9.17) is 5.73 Å². The quantitative estimate of drug-likeness (QED) is 0.478. The van der Waals surface area contributed by atoms with E-state index in [0.717, 1.165) is 55.0 Å². The Bertz CT molecular complexity index is 1030. The number of hydrogen-bond donors (Lipinski definition) is 3. The van der Waals surface area contributed by atoms with Gasteiger partial charge in [-0.05, 0) is 56.9 Å². The van der Waals surface area contributed by atoms with Gasteiger partial charge in [-0.25, -0.2) is 4.98 Å². The molecule has 0 spiro atoms. The fraction of sp³-hybridized carbons (Fsp3) is 0.370. The Kier molecular flexibility index (Phi) is 9.86. The predicted octanol–water partition coefficient (Wildman–Crippen LogP) is 4.97. The zero-order valence-corrected chi connectivity index (χ0v) is 20.8. The molecular weight excluding hydrogens is 426 g/mol. The first-order chi connectivity index (χ1) is 16.2. The van der Waals surface area contributed by atoms with E-state index in [1.807, 2.05) is 24.3 Å². The van der Waals surface area contributed by atoms with Crippen LogP contribution in [0.2, 0.25) is 0 Å². The third-order valence-corrected chi connectivity index (χ3v) is 5.86. The molecule has 1 amide bonds. The zero-order valence-electron chi connectivity index (χ0n) is 20.8. The summed E-state index contributed by atoms with van der Waals surface area (Å²) in [5.41, 5.74) is 10.4. The first-order valence-corrected chi connectivity index (χ1v) is 11.7. The normalized spacial score (nSPS) is 12.7. The molecular formula is C27H37N5O2. The number of pyridine rings is 1. The van der Waals surface area contributed by atoms with E-state index < -0.39 is 0 Å². The predicted molar refractivity (Wildman–Crippen MR) is 141 cm³/mol. The average Bonchev–Trinajstić information content (AvgIpc) is 3.27. The number of nitrogens with zero attached hydrogens (tertiary/aromatic N) is 2. The third kappa shape index (κ3) is 6.94. The molecule has 2 aromatic rings. The molecule has 1 aromatic heterocycles. The van der Waals surface area contributed by atoms with Crippen LogP contribution < -0.4 is 21.3 Å². The fourth-order valence-corrected chi connectivity index (χ4v) is 3.71. The first kappa shape index (κ1) is 26.6. The summed E-state index contributed by atoms with van der Waals surface area (Å²) in [4.78, 5) is 29.1. The van der Waals surface area contributed by atoms with Gasteiger partial charge in [-0.15, -0.1) is 0 Å². The Morgan fingerprint density at radius 2 is 1.85 bits per heavy atom. The maximum Gasteiger partial charge on any atom is 0.251 e. The van der Waals surface area contributed by atoms with Gasteiger partial charge in [0.05, 0.1) is 0 Å². The van der Waals surface area contributed by atoms with Crippen molar-refractivity contribution in [3.05, 3.63) is 72.1 Å². The first-order valence-electron chi connectivity index (χ1n) is 11.7. The van der Waals surface area contributed by atoms with Gasteiger partial charge in [-0.3, -0.25) is 9.59 Å². The molecule has 7 heteroatoms. The van der Waals surface area contributed by atoms with Gasteiger partial charge < -0.3 is 21.3 Å². The highest BCUT2D eigenvalue weighted by Crippen LogP contribution is 2.25. The number of benzene rings is 1. The molecule has 34 heavy (non-hydrogen) atoms. The van der Waals surface area contributed by atoms with E-state index in [0.29, 0.717) is 22.9 Å². The number of anilines is 2. The molecule has 0 bridgehead atoms. The van der Waals surface area contributed by atoms with Crippen molar-refractivity contribution in [3.63, 3.8) is 0 Å². The molecule has 1 aliphatic heterocycles. The van der Waals surface area contributed by atoms with E-state index in [-0.39, 0.29) is 11.7 Å². The number of carbonyl (C=O) groups excluding carboxylic acids is 2. The lowest BCUT2D eigenvalue weighted by Gasteiger charge is -2.20. The van der Waals surface area contributed by atoms with Crippen LogP contribution >= 0.6 is 0 Å². The molecule has 0 radical (unpaired) electrons. The summed E-state index contributed by atoms with van der Waals surface area (Å²) in [5, 5.41) is 6.04. The molecule has 0 atom stereocenters. The number of hydrogen-bond acceptors (Lipinski definition) is 6. The smallest absolute Gasteiger partial charge is 0.251 e. The highest BCUT2D eigenvalue weighted by atomic mass is 16.1. The van der Waals surface area contributed by atoms with Crippen molar-refractivity contribution in [2.45, 2.75) is 52.5 Å². The number of aromatic nitrogens is 1. The van der Waals surface area contributed by atoms with Crippen LogP contribution in [0.4, 0.5) is 11.5 Å². The molecule has 0 unspecified atom stereocenters. The van der Waals surface area contributed by atoms with Crippen molar-refractivity contribution in [2.75, 3.05) is 23.8 Å². The van der Waals surface area contributed by atoms with Crippen molar-refractivity contribution in [2.24, 2.45) is 5.73 Å². The van der Waals surface area contributed by atoms with E-state index in [1.165, 1.54) is 0 Å². The van der Waals surface area contributed by atoms with Crippen LogP contribution in [0.25, 0.3) is 5.70 Å². The van der Waals surface area contributed by atoms with Crippen LogP contribution in [0.5, 0.6) is 0 Å². The van der Waals surface area contributed by atoms with Crippen LogP contribution in [-0.4, -0.2) is 36.3 Å². The standard InChI is InChI=1S/C15H23N3O.C12H14N2O/c1-5-12(6-2)18-14-9-11(15(19)17-4)7-8-13(14)10(3)16;1-9-4-3-7-14(9)12-6-5-11(8-13-12)10(2)15/h7-9,12,18H,3,5-6,16H2,1-2,4H3,(H,17,19);5-6,8H,1,3-4,7H2,2H3. The molecule has 1 aliphatic rings. The number of Topliss-reactive ketones (excluding diaryl/α,β-unsaturated/α-hetero) is 1. The summed E-state index contributed by atoms with van der Waals surface area (Å²) in [5.74, 6) is 0.832. The number of amides is 1. The summed E-state index contributed by atoms with van der Waals surface area (Å²) in [7, 11) is 1.62. The van der Waals surface area contributed by atoms with Crippen molar-refractivity contribution in [3.8, 4) is 0 Å². The van der Waals surface area contributed by atoms with Crippen molar-refractivity contribution in [1.29, 1.82) is 0 Å². The van der Waals surface area contributed by atoms with Crippen molar-refractivity contribution < 1.29 is 9.59 Å². The monoisotopic (exact) mass is 463 g/mol. The molecule has 4 N–H and O–H groups in total. The zero-order chi connectivity index (χ0) is 25.3. The Hall–Kier alpha value is -3.61. The topological polar surface area (TPSA) is 100 Å². The van der Waals surface area contributed by atoms with E-state index >= 15 is 0 Å². The fourth-order valence-electron chi connectivity index (χ4n) is 3.71. The van der Waals surface area contributed by atoms with Gasteiger partial charge in [0.2, 0.25) is 0 Å². The van der Waals surface area contributed by atoms with E-state index in [1.54, 1.807) is 26.2 Å². The Labute approximate surface area is 203 Å². The Balaban J connectivity index is 0.000000246. The van der Waals surface area contributed by atoms with Crippen LogP contribution in [-0.2, 0) is 0 Å². The Morgan fingerprint density at radius 1 is 1.18 bits per heavy atom. The second kappa shape index (κ2) is 12.6. The largest absolute Gasteiger partial charge is 0.399 e.